The van der Waals surface area contributed by atoms with E-state index in [-0.39, 0.29) is 5.79 Å². The molecule has 3 rings (SSSR count). The summed E-state index contributed by atoms with van der Waals surface area (Å²) in [7, 11) is 0. The van der Waals surface area contributed by atoms with Gasteiger partial charge in [-0.2, -0.15) is 0 Å². The van der Waals surface area contributed by atoms with E-state index in [2.05, 4.69) is 19.9 Å². The van der Waals surface area contributed by atoms with Crippen molar-refractivity contribution in [3.8, 4) is 5.75 Å². The summed E-state index contributed by atoms with van der Waals surface area (Å²) in [4.78, 5) is 0. The van der Waals surface area contributed by atoms with Crippen LogP contribution in [-0.4, -0.2) is 24.1 Å². The summed E-state index contributed by atoms with van der Waals surface area (Å²) in [5.74, 6) is -0.0441. The molecule has 0 radical (unpaired) electrons. The van der Waals surface area contributed by atoms with Crippen molar-refractivity contribution in [1.82, 2.24) is 0 Å². The van der Waals surface area contributed by atoms with Crippen LogP contribution in [0.5, 0.6) is 5.75 Å². The molecule has 1 aromatic rings. The van der Waals surface area contributed by atoms with Crippen molar-refractivity contribution in [3.05, 3.63) is 35.9 Å². The highest BCUT2D eigenvalue weighted by molar-refractivity contribution is 5.67. The lowest BCUT2D eigenvalue weighted by Gasteiger charge is -2.30. The van der Waals surface area contributed by atoms with Crippen LogP contribution in [0.3, 0.4) is 0 Å². The second-order valence-corrected chi connectivity index (χ2v) is 5.30. The Kier molecular flexibility index (Phi) is 5.21. The first-order chi connectivity index (χ1) is 9.69. The molecule has 0 saturated carbocycles. The van der Waals surface area contributed by atoms with Gasteiger partial charge in [-0.1, -0.05) is 38.5 Å². The molecule has 0 amide bonds. The third-order valence-corrected chi connectivity index (χ3v) is 3.47. The second kappa shape index (κ2) is 6.91. The van der Waals surface area contributed by atoms with Crippen molar-refractivity contribution >= 4 is 5.57 Å². The number of rotatable bonds is 1. The predicted molar refractivity (Wildman–Crippen MR) is 80.5 cm³/mol. The second-order valence-electron chi connectivity index (χ2n) is 5.30. The summed E-state index contributed by atoms with van der Waals surface area (Å²) in [6.45, 7) is 5.66. The Bertz CT molecular complexity index is 459. The van der Waals surface area contributed by atoms with Crippen LogP contribution in [0.2, 0.25) is 0 Å². The Morgan fingerprint density at radius 3 is 2.45 bits per heavy atom. The fraction of sp³-hybridized carbons (Fsp3) is 0.529. The summed E-state index contributed by atoms with van der Waals surface area (Å²) < 4.78 is 11.3. The molecule has 3 heteroatoms. The predicted octanol–water partition coefficient (Wildman–Crippen LogP) is 4.12. The first-order valence-corrected chi connectivity index (χ1v) is 7.45. The highest BCUT2D eigenvalue weighted by Crippen LogP contribution is 2.38. The van der Waals surface area contributed by atoms with Gasteiger partial charge in [0.1, 0.15) is 5.75 Å². The number of allylic oxidation sites excluding steroid dienone is 1. The largest absolute Gasteiger partial charge is 0.508 e. The van der Waals surface area contributed by atoms with Crippen LogP contribution in [0, 0.1) is 0 Å². The maximum atomic E-state index is 9.47. The average Bonchev–Trinajstić information content (AvgIpc) is 2.89. The maximum Gasteiger partial charge on any atom is 0.172 e. The minimum atomic E-state index is -0.361. The number of hydrogen-bond acceptors (Lipinski definition) is 3. The van der Waals surface area contributed by atoms with E-state index in [9.17, 15) is 5.11 Å². The summed E-state index contributed by atoms with van der Waals surface area (Å²) >= 11 is 0. The van der Waals surface area contributed by atoms with Crippen LogP contribution in [0.15, 0.2) is 30.3 Å². The zero-order valence-electron chi connectivity index (χ0n) is 12.4. The van der Waals surface area contributed by atoms with Crippen molar-refractivity contribution in [2.75, 3.05) is 13.2 Å². The van der Waals surface area contributed by atoms with Crippen LogP contribution in [-0.2, 0) is 9.47 Å². The first-order valence-electron chi connectivity index (χ1n) is 7.45. The topological polar surface area (TPSA) is 38.7 Å². The molecule has 20 heavy (non-hydrogen) atoms. The quantitative estimate of drug-likeness (QED) is 0.838. The first kappa shape index (κ1) is 15.1. The van der Waals surface area contributed by atoms with E-state index in [0.717, 1.165) is 24.8 Å². The molecular weight excluding hydrogens is 252 g/mol. The number of benzene rings is 1. The van der Waals surface area contributed by atoms with Crippen LogP contribution in [0.1, 0.15) is 45.1 Å². The summed E-state index contributed by atoms with van der Waals surface area (Å²) in [5, 5.41) is 9.47. The van der Waals surface area contributed by atoms with Crippen LogP contribution in [0.25, 0.3) is 5.57 Å². The SMILES string of the molecule is CCC.Oc1cccc(C2=CCC3(CC2)OCCO3)c1. The lowest BCUT2D eigenvalue weighted by Crippen LogP contribution is -2.31. The van der Waals surface area contributed by atoms with Gasteiger partial charge in [-0.15, -0.1) is 0 Å². The monoisotopic (exact) mass is 276 g/mol. The maximum absolute atomic E-state index is 9.47. The number of ether oxygens (including phenoxy) is 2. The van der Waals surface area contributed by atoms with Crippen molar-refractivity contribution in [2.24, 2.45) is 0 Å². The Hall–Kier alpha value is -1.32. The molecule has 3 nitrogen and oxygen atoms in total. The van der Waals surface area contributed by atoms with Gasteiger partial charge in [0, 0.05) is 12.8 Å². The van der Waals surface area contributed by atoms with Crippen molar-refractivity contribution in [1.29, 1.82) is 0 Å². The van der Waals surface area contributed by atoms with Crippen molar-refractivity contribution < 1.29 is 14.6 Å². The number of hydrogen-bond donors (Lipinski definition) is 1. The molecule has 1 aromatic carbocycles. The van der Waals surface area contributed by atoms with Gasteiger partial charge >= 0.3 is 0 Å². The zero-order chi connectivity index (χ0) is 14.4. The van der Waals surface area contributed by atoms with Crippen LogP contribution >= 0.6 is 0 Å². The molecule has 1 aliphatic heterocycles. The third kappa shape index (κ3) is 3.62. The lowest BCUT2D eigenvalue weighted by atomic mass is 9.90. The van der Waals surface area contributed by atoms with E-state index in [1.54, 1.807) is 12.1 Å². The third-order valence-electron chi connectivity index (χ3n) is 3.47. The number of phenols is 1. The molecule has 1 aliphatic carbocycles. The van der Waals surface area contributed by atoms with Gasteiger partial charge < -0.3 is 14.6 Å². The van der Waals surface area contributed by atoms with Gasteiger partial charge in [-0.25, -0.2) is 0 Å². The Balaban J connectivity index is 0.000000452. The number of phenolic OH excluding ortho intramolecular Hbond substituents is 1. The molecule has 1 N–H and O–H groups in total. The minimum Gasteiger partial charge on any atom is -0.508 e. The molecular formula is C17H24O3. The van der Waals surface area contributed by atoms with E-state index < -0.39 is 0 Å². The van der Waals surface area contributed by atoms with Gasteiger partial charge in [-0.3, -0.25) is 0 Å². The summed E-state index contributed by atoms with van der Waals surface area (Å²) in [6, 6.07) is 7.40. The van der Waals surface area contributed by atoms with Crippen LogP contribution in [0.4, 0.5) is 0 Å². The van der Waals surface area contributed by atoms with Gasteiger partial charge in [0.15, 0.2) is 5.79 Å². The highest BCUT2D eigenvalue weighted by atomic mass is 16.7. The van der Waals surface area contributed by atoms with E-state index in [0.29, 0.717) is 19.0 Å². The van der Waals surface area contributed by atoms with E-state index in [1.807, 2.05) is 12.1 Å². The molecule has 110 valence electrons. The molecule has 0 aromatic heterocycles. The van der Waals surface area contributed by atoms with E-state index in [1.165, 1.54) is 12.0 Å². The van der Waals surface area contributed by atoms with E-state index >= 15 is 0 Å². The Morgan fingerprint density at radius 1 is 1.20 bits per heavy atom. The molecule has 2 aliphatic rings. The molecule has 1 saturated heterocycles. The molecule has 1 spiro atoms. The minimum absolute atomic E-state index is 0.317. The van der Waals surface area contributed by atoms with Gasteiger partial charge in [0.25, 0.3) is 0 Å². The lowest BCUT2D eigenvalue weighted by molar-refractivity contribution is -0.159. The summed E-state index contributed by atoms with van der Waals surface area (Å²) in [5.41, 5.74) is 2.36. The normalized spacial score (nSPS) is 20.2. The Morgan fingerprint density at radius 2 is 1.90 bits per heavy atom. The van der Waals surface area contributed by atoms with Gasteiger partial charge in [0.2, 0.25) is 0 Å². The summed E-state index contributed by atoms with van der Waals surface area (Å²) in [6.07, 6.45) is 6.06. The zero-order valence-corrected chi connectivity index (χ0v) is 12.4. The highest BCUT2D eigenvalue weighted by Gasteiger charge is 2.37. The molecule has 1 heterocycles. The standard InChI is InChI=1S/C14H16O3.C3H8/c15-13-3-1-2-12(10-13)11-4-6-14(7-5-11)16-8-9-17-14;1-3-2/h1-4,10,15H,5-9H2;3H2,1-2H3. The van der Waals surface area contributed by atoms with Crippen LogP contribution < -0.4 is 0 Å². The van der Waals surface area contributed by atoms with Crippen molar-refractivity contribution in [2.45, 2.75) is 45.3 Å². The average molecular weight is 276 g/mol. The Labute approximate surface area is 121 Å². The number of aromatic hydroxyl groups is 1. The van der Waals surface area contributed by atoms with Gasteiger partial charge in [0.05, 0.1) is 13.2 Å². The molecule has 0 unspecified atom stereocenters. The van der Waals surface area contributed by atoms with Crippen molar-refractivity contribution in [3.63, 3.8) is 0 Å². The fourth-order valence-electron chi connectivity index (χ4n) is 2.53. The van der Waals surface area contributed by atoms with E-state index in [4.69, 9.17) is 9.47 Å². The molecule has 0 atom stereocenters. The molecule has 0 bridgehead atoms. The smallest absolute Gasteiger partial charge is 0.172 e. The fourth-order valence-corrected chi connectivity index (χ4v) is 2.53. The van der Waals surface area contributed by atoms with Gasteiger partial charge in [-0.05, 0) is 29.7 Å². The molecule has 1 fully saturated rings.